The van der Waals surface area contributed by atoms with Crippen molar-refractivity contribution in [2.75, 3.05) is 39.4 Å². The van der Waals surface area contributed by atoms with Crippen LogP contribution in [-0.2, 0) is 9.59 Å². The van der Waals surface area contributed by atoms with Gasteiger partial charge in [-0.1, -0.05) is 6.07 Å². The van der Waals surface area contributed by atoms with Crippen LogP contribution in [-0.4, -0.2) is 61.0 Å². The topological polar surface area (TPSA) is 59.1 Å². The van der Waals surface area contributed by atoms with E-state index in [9.17, 15) is 9.59 Å². The number of carbonyl (C=O) groups excluding carboxylic acids is 2. The first kappa shape index (κ1) is 22.8. The molecule has 0 spiro atoms. The monoisotopic (exact) mass is 402 g/mol. The lowest BCUT2D eigenvalue weighted by Crippen LogP contribution is -2.44. The maximum atomic E-state index is 12.6. The van der Waals surface area contributed by atoms with E-state index in [1.807, 2.05) is 55.7 Å². The second-order valence-electron chi connectivity index (χ2n) is 7.02. The third-order valence-corrected chi connectivity index (χ3v) is 5.22. The van der Waals surface area contributed by atoms with Crippen molar-refractivity contribution >= 4 is 17.9 Å². The molecule has 0 aromatic heterocycles. The van der Waals surface area contributed by atoms with E-state index in [0.29, 0.717) is 37.8 Å². The van der Waals surface area contributed by atoms with Gasteiger partial charge in [-0.2, -0.15) is 0 Å². The zero-order valence-electron chi connectivity index (χ0n) is 18.1. The number of carbonyl (C=O) groups is 2. The predicted octanol–water partition coefficient (Wildman–Crippen LogP) is 3.60. The average molecular weight is 403 g/mol. The molecule has 1 aromatic rings. The van der Waals surface area contributed by atoms with Gasteiger partial charge in [0.15, 0.2) is 11.5 Å². The SMILES string of the molecule is CCOc1ccc(/C=C/C(=O)N2CCC(C(=O)N(CC)CC)CC2)cc1OCC. The summed E-state index contributed by atoms with van der Waals surface area (Å²) >= 11 is 0. The molecular weight excluding hydrogens is 368 g/mol. The number of hydrogen-bond donors (Lipinski definition) is 0. The van der Waals surface area contributed by atoms with E-state index >= 15 is 0 Å². The lowest BCUT2D eigenvalue weighted by atomic mass is 9.95. The average Bonchev–Trinajstić information content (AvgIpc) is 2.75. The van der Waals surface area contributed by atoms with Crippen LogP contribution in [0.3, 0.4) is 0 Å². The molecule has 1 fully saturated rings. The van der Waals surface area contributed by atoms with Crippen molar-refractivity contribution in [3.05, 3.63) is 29.8 Å². The summed E-state index contributed by atoms with van der Waals surface area (Å²) in [6.07, 6.45) is 4.85. The molecule has 6 heteroatoms. The van der Waals surface area contributed by atoms with Crippen LogP contribution >= 0.6 is 0 Å². The minimum atomic E-state index is -0.0226. The van der Waals surface area contributed by atoms with Gasteiger partial charge < -0.3 is 19.3 Å². The zero-order chi connectivity index (χ0) is 21.2. The Labute approximate surface area is 174 Å². The molecule has 1 heterocycles. The van der Waals surface area contributed by atoms with Crippen molar-refractivity contribution in [3.63, 3.8) is 0 Å². The Balaban J connectivity index is 1.95. The van der Waals surface area contributed by atoms with Gasteiger partial charge in [-0.05, 0) is 64.3 Å². The van der Waals surface area contributed by atoms with Crippen LogP contribution in [0.15, 0.2) is 24.3 Å². The fourth-order valence-corrected chi connectivity index (χ4v) is 3.58. The number of nitrogens with zero attached hydrogens (tertiary/aromatic N) is 2. The Kier molecular flexibility index (Phi) is 9.03. The lowest BCUT2D eigenvalue weighted by Gasteiger charge is -2.33. The zero-order valence-corrected chi connectivity index (χ0v) is 18.1. The molecule has 0 radical (unpaired) electrons. The molecule has 160 valence electrons. The van der Waals surface area contributed by atoms with E-state index in [0.717, 1.165) is 31.5 Å². The molecule has 0 saturated carbocycles. The van der Waals surface area contributed by atoms with Gasteiger partial charge in [-0.15, -0.1) is 0 Å². The first-order valence-electron chi connectivity index (χ1n) is 10.7. The Hall–Kier alpha value is -2.50. The van der Waals surface area contributed by atoms with Crippen LogP contribution in [0.1, 0.15) is 46.1 Å². The molecule has 1 aliphatic rings. The Morgan fingerprint density at radius 3 is 2.24 bits per heavy atom. The molecule has 6 nitrogen and oxygen atoms in total. The van der Waals surface area contributed by atoms with Crippen LogP contribution in [0.4, 0.5) is 0 Å². The van der Waals surface area contributed by atoms with Gasteiger partial charge in [0.05, 0.1) is 13.2 Å². The highest BCUT2D eigenvalue weighted by molar-refractivity contribution is 5.92. The van der Waals surface area contributed by atoms with E-state index < -0.39 is 0 Å². The van der Waals surface area contributed by atoms with Gasteiger partial charge in [0.25, 0.3) is 0 Å². The Morgan fingerprint density at radius 1 is 1.03 bits per heavy atom. The normalized spacial score (nSPS) is 14.8. The van der Waals surface area contributed by atoms with Crippen LogP contribution in [0, 0.1) is 5.92 Å². The highest BCUT2D eigenvalue weighted by Crippen LogP contribution is 2.29. The maximum absolute atomic E-state index is 12.6. The highest BCUT2D eigenvalue weighted by Gasteiger charge is 2.28. The number of amides is 2. The summed E-state index contributed by atoms with van der Waals surface area (Å²) in [7, 11) is 0. The van der Waals surface area contributed by atoms with Crippen molar-refractivity contribution in [2.24, 2.45) is 5.92 Å². The summed E-state index contributed by atoms with van der Waals surface area (Å²) in [4.78, 5) is 28.8. The molecule has 0 bridgehead atoms. The molecule has 2 amide bonds. The van der Waals surface area contributed by atoms with Gasteiger partial charge in [-0.25, -0.2) is 0 Å². The second kappa shape index (κ2) is 11.5. The number of rotatable bonds is 9. The van der Waals surface area contributed by atoms with Crippen LogP contribution in [0.5, 0.6) is 11.5 Å². The first-order valence-corrected chi connectivity index (χ1v) is 10.7. The van der Waals surface area contributed by atoms with Crippen molar-refractivity contribution in [1.29, 1.82) is 0 Å². The number of likely N-dealkylation sites (tertiary alicyclic amines) is 1. The van der Waals surface area contributed by atoms with Gasteiger partial charge in [0.2, 0.25) is 11.8 Å². The van der Waals surface area contributed by atoms with E-state index in [-0.39, 0.29) is 17.7 Å². The van der Waals surface area contributed by atoms with E-state index in [1.54, 1.807) is 12.2 Å². The fourth-order valence-electron chi connectivity index (χ4n) is 3.58. The van der Waals surface area contributed by atoms with E-state index in [4.69, 9.17) is 9.47 Å². The largest absolute Gasteiger partial charge is 0.490 e. The summed E-state index contributed by atoms with van der Waals surface area (Å²) in [6, 6.07) is 5.66. The van der Waals surface area contributed by atoms with E-state index in [2.05, 4.69) is 0 Å². The molecule has 0 aliphatic carbocycles. The summed E-state index contributed by atoms with van der Waals surface area (Å²) < 4.78 is 11.2. The van der Waals surface area contributed by atoms with Crippen LogP contribution in [0.2, 0.25) is 0 Å². The summed E-state index contributed by atoms with van der Waals surface area (Å²) in [6.45, 7) is 11.7. The van der Waals surface area contributed by atoms with Crippen molar-refractivity contribution in [1.82, 2.24) is 9.80 Å². The molecule has 2 rings (SSSR count). The Morgan fingerprint density at radius 2 is 1.66 bits per heavy atom. The standard InChI is InChI=1S/C23H34N2O4/c1-5-24(6-2)23(27)19-13-15-25(16-14-19)22(26)12-10-18-9-11-20(28-7-3)21(17-18)29-8-4/h9-12,17,19H,5-8,13-16H2,1-4H3/b12-10+. The minimum Gasteiger partial charge on any atom is -0.490 e. The quantitative estimate of drug-likeness (QED) is 0.592. The molecule has 1 saturated heterocycles. The third kappa shape index (κ3) is 6.24. The highest BCUT2D eigenvalue weighted by atomic mass is 16.5. The second-order valence-corrected chi connectivity index (χ2v) is 7.02. The molecule has 29 heavy (non-hydrogen) atoms. The van der Waals surface area contributed by atoms with Gasteiger partial charge in [0.1, 0.15) is 0 Å². The van der Waals surface area contributed by atoms with Crippen molar-refractivity contribution in [2.45, 2.75) is 40.5 Å². The van der Waals surface area contributed by atoms with E-state index in [1.165, 1.54) is 0 Å². The van der Waals surface area contributed by atoms with Crippen LogP contribution < -0.4 is 9.47 Å². The molecule has 0 atom stereocenters. The van der Waals surface area contributed by atoms with Crippen molar-refractivity contribution < 1.29 is 19.1 Å². The van der Waals surface area contributed by atoms with Gasteiger partial charge >= 0.3 is 0 Å². The minimum absolute atomic E-state index is 0.0226. The molecular formula is C23H34N2O4. The number of ether oxygens (including phenoxy) is 2. The lowest BCUT2D eigenvalue weighted by molar-refractivity contribution is -0.139. The summed E-state index contributed by atoms with van der Waals surface area (Å²) in [5.74, 6) is 1.61. The third-order valence-electron chi connectivity index (χ3n) is 5.22. The van der Waals surface area contributed by atoms with Crippen LogP contribution in [0.25, 0.3) is 6.08 Å². The van der Waals surface area contributed by atoms with Gasteiger partial charge in [-0.3, -0.25) is 9.59 Å². The first-order chi connectivity index (χ1) is 14.0. The Bertz CT molecular complexity index is 705. The van der Waals surface area contributed by atoms with Crippen molar-refractivity contribution in [3.8, 4) is 11.5 Å². The summed E-state index contributed by atoms with van der Waals surface area (Å²) in [5.41, 5.74) is 0.886. The fraction of sp³-hybridized carbons (Fsp3) is 0.565. The molecule has 0 N–H and O–H groups in total. The summed E-state index contributed by atoms with van der Waals surface area (Å²) in [5, 5.41) is 0. The smallest absolute Gasteiger partial charge is 0.246 e. The number of piperidine rings is 1. The van der Waals surface area contributed by atoms with Gasteiger partial charge in [0, 0.05) is 38.2 Å². The maximum Gasteiger partial charge on any atom is 0.246 e. The number of hydrogen-bond acceptors (Lipinski definition) is 4. The molecule has 0 unspecified atom stereocenters. The predicted molar refractivity (Wildman–Crippen MR) is 115 cm³/mol. The molecule has 1 aromatic carbocycles. The number of benzene rings is 1. The molecule has 1 aliphatic heterocycles.